The highest BCUT2D eigenvalue weighted by Gasteiger charge is 2.25. The first-order valence-electron chi connectivity index (χ1n) is 5.62. The summed E-state index contributed by atoms with van der Waals surface area (Å²) in [6.45, 7) is 4.67. The van der Waals surface area contributed by atoms with Crippen LogP contribution in [0.4, 0.5) is 0 Å². The van der Waals surface area contributed by atoms with Crippen LogP contribution in [0.2, 0.25) is 0 Å². The van der Waals surface area contributed by atoms with Gasteiger partial charge in [0.25, 0.3) is 0 Å². The Hall–Kier alpha value is -0.680. The number of halogens is 1. The fourth-order valence-corrected chi connectivity index (χ4v) is 2.15. The zero-order valence-corrected chi connectivity index (χ0v) is 13.3. The van der Waals surface area contributed by atoms with E-state index < -0.39 is 0 Å². The molecular formula is C13H18BrNO2S. The lowest BCUT2D eigenvalue weighted by atomic mass is 9.84. The average molecular weight is 332 g/mol. The maximum Gasteiger partial charge on any atom is 0.229 e. The summed E-state index contributed by atoms with van der Waals surface area (Å²) in [5.74, 6) is 0.954. The SMILES string of the molecule is COc1ccc(Br)cc1C(C)(C)CNC(=O)CS. The molecule has 1 aromatic rings. The summed E-state index contributed by atoms with van der Waals surface area (Å²) in [7, 11) is 1.65. The van der Waals surface area contributed by atoms with Gasteiger partial charge in [-0.1, -0.05) is 29.8 Å². The van der Waals surface area contributed by atoms with E-state index in [9.17, 15) is 4.79 Å². The van der Waals surface area contributed by atoms with E-state index in [0.717, 1.165) is 15.8 Å². The predicted molar refractivity (Wildman–Crippen MR) is 80.6 cm³/mol. The predicted octanol–water partition coefficient (Wildman–Crippen LogP) is 2.78. The van der Waals surface area contributed by atoms with E-state index in [-0.39, 0.29) is 17.1 Å². The molecule has 1 N–H and O–H groups in total. The lowest BCUT2D eigenvalue weighted by molar-refractivity contribution is -0.118. The molecule has 3 nitrogen and oxygen atoms in total. The molecule has 0 atom stereocenters. The normalized spacial score (nSPS) is 11.2. The van der Waals surface area contributed by atoms with E-state index >= 15 is 0 Å². The fourth-order valence-electron chi connectivity index (χ4n) is 1.68. The van der Waals surface area contributed by atoms with E-state index in [0.29, 0.717) is 6.54 Å². The number of methoxy groups -OCH3 is 1. The van der Waals surface area contributed by atoms with Gasteiger partial charge in [0.05, 0.1) is 12.9 Å². The van der Waals surface area contributed by atoms with Crippen molar-refractivity contribution in [1.29, 1.82) is 0 Å². The van der Waals surface area contributed by atoms with Crippen LogP contribution in [-0.2, 0) is 10.2 Å². The van der Waals surface area contributed by atoms with Gasteiger partial charge in [-0.05, 0) is 18.2 Å². The van der Waals surface area contributed by atoms with Gasteiger partial charge >= 0.3 is 0 Å². The van der Waals surface area contributed by atoms with Crippen molar-refractivity contribution in [2.24, 2.45) is 0 Å². The van der Waals surface area contributed by atoms with Crippen molar-refractivity contribution in [2.45, 2.75) is 19.3 Å². The second kappa shape index (κ2) is 6.48. The smallest absolute Gasteiger partial charge is 0.229 e. The van der Waals surface area contributed by atoms with Gasteiger partial charge in [-0.15, -0.1) is 0 Å². The molecule has 100 valence electrons. The van der Waals surface area contributed by atoms with Crippen LogP contribution in [0.15, 0.2) is 22.7 Å². The summed E-state index contributed by atoms with van der Waals surface area (Å²) in [6, 6.07) is 5.87. The molecular weight excluding hydrogens is 314 g/mol. The van der Waals surface area contributed by atoms with E-state index in [4.69, 9.17) is 4.74 Å². The second-order valence-electron chi connectivity index (χ2n) is 4.66. The Morgan fingerprint density at radius 2 is 2.17 bits per heavy atom. The molecule has 0 aromatic heterocycles. The Labute approximate surface area is 122 Å². The van der Waals surface area contributed by atoms with Crippen LogP contribution in [-0.4, -0.2) is 25.3 Å². The lowest BCUT2D eigenvalue weighted by Crippen LogP contribution is -2.37. The van der Waals surface area contributed by atoms with Crippen molar-refractivity contribution in [1.82, 2.24) is 5.32 Å². The van der Waals surface area contributed by atoms with E-state index in [1.54, 1.807) is 7.11 Å². The van der Waals surface area contributed by atoms with Gasteiger partial charge in [-0.25, -0.2) is 0 Å². The monoisotopic (exact) mass is 331 g/mol. The van der Waals surface area contributed by atoms with E-state index in [1.807, 2.05) is 18.2 Å². The average Bonchev–Trinajstić information content (AvgIpc) is 2.36. The van der Waals surface area contributed by atoms with Gasteiger partial charge in [0.1, 0.15) is 5.75 Å². The van der Waals surface area contributed by atoms with Crippen LogP contribution in [0.25, 0.3) is 0 Å². The summed E-state index contributed by atoms with van der Waals surface area (Å²) < 4.78 is 6.36. The molecule has 1 amide bonds. The third kappa shape index (κ3) is 3.92. The third-order valence-corrected chi connectivity index (χ3v) is 3.54. The van der Waals surface area contributed by atoms with Crippen LogP contribution in [0, 0.1) is 0 Å². The Morgan fingerprint density at radius 3 is 2.72 bits per heavy atom. The number of rotatable bonds is 5. The number of hydrogen-bond donors (Lipinski definition) is 2. The molecule has 0 bridgehead atoms. The van der Waals surface area contributed by atoms with Crippen molar-refractivity contribution in [3.05, 3.63) is 28.2 Å². The highest BCUT2D eigenvalue weighted by Crippen LogP contribution is 2.33. The largest absolute Gasteiger partial charge is 0.496 e. The topological polar surface area (TPSA) is 38.3 Å². The fraction of sp³-hybridized carbons (Fsp3) is 0.462. The molecule has 1 rings (SSSR count). The molecule has 0 saturated heterocycles. The van der Waals surface area contributed by atoms with Gasteiger partial charge in [-0.2, -0.15) is 12.6 Å². The van der Waals surface area contributed by atoms with Gasteiger partial charge < -0.3 is 10.1 Å². The molecule has 0 heterocycles. The van der Waals surface area contributed by atoms with Gasteiger partial charge in [-0.3, -0.25) is 4.79 Å². The molecule has 18 heavy (non-hydrogen) atoms. The highest BCUT2D eigenvalue weighted by atomic mass is 79.9. The van der Waals surface area contributed by atoms with Gasteiger partial charge in [0, 0.05) is 22.0 Å². The minimum atomic E-state index is -0.215. The van der Waals surface area contributed by atoms with Crippen LogP contribution < -0.4 is 10.1 Å². The van der Waals surface area contributed by atoms with Crippen LogP contribution in [0.5, 0.6) is 5.75 Å². The highest BCUT2D eigenvalue weighted by molar-refractivity contribution is 9.10. The number of carbonyl (C=O) groups excluding carboxylic acids is 1. The zero-order chi connectivity index (χ0) is 13.8. The molecule has 0 aliphatic rings. The number of thiol groups is 1. The van der Waals surface area contributed by atoms with Crippen LogP contribution >= 0.6 is 28.6 Å². The third-order valence-electron chi connectivity index (χ3n) is 2.76. The lowest BCUT2D eigenvalue weighted by Gasteiger charge is -2.27. The second-order valence-corrected chi connectivity index (χ2v) is 5.90. The quantitative estimate of drug-likeness (QED) is 0.814. The summed E-state index contributed by atoms with van der Waals surface area (Å²) in [6.07, 6.45) is 0. The molecule has 0 fully saturated rings. The van der Waals surface area contributed by atoms with Crippen molar-refractivity contribution in [3.8, 4) is 5.75 Å². The van der Waals surface area contributed by atoms with E-state index in [1.165, 1.54) is 0 Å². The van der Waals surface area contributed by atoms with Crippen LogP contribution in [0.3, 0.4) is 0 Å². The first-order chi connectivity index (χ1) is 8.40. The first kappa shape index (κ1) is 15.4. The van der Waals surface area contributed by atoms with E-state index in [2.05, 4.69) is 47.7 Å². The van der Waals surface area contributed by atoms with Crippen molar-refractivity contribution >= 4 is 34.5 Å². The standard InChI is InChI=1S/C13H18BrNO2S/c1-13(2,8-15-12(16)7-18)10-6-9(14)4-5-11(10)17-3/h4-6,18H,7-8H2,1-3H3,(H,15,16). The number of hydrogen-bond acceptors (Lipinski definition) is 3. The van der Waals surface area contributed by atoms with Crippen molar-refractivity contribution in [3.63, 3.8) is 0 Å². The molecule has 0 saturated carbocycles. The summed E-state index contributed by atoms with van der Waals surface area (Å²) in [5, 5.41) is 2.86. The number of nitrogens with one attached hydrogen (secondary N) is 1. The maximum absolute atomic E-state index is 11.3. The molecule has 0 spiro atoms. The molecule has 0 aliphatic heterocycles. The number of ether oxygens (including phenoxy) is 1. The Bertz CT molecular complexity index is 435. The molecule has 0 aliphatic carbocycles. The molecule has 1 aromatic carbocycles. The minimum Gasteiger partial charge on any atom is -0.496 e. The zero-order valence-electron chi connectivity index (χ0n) is 10.8. The minimum absolute atomic E-state index is 0.0691. The summed E-state index contributed by atoms with van der Waals surface area (Å²) >= 11 is 7.40. The van der Waals surface area contributed by atoms with Gasteiger partial charge in [0.2, 0.25) is 5.91 Å². The van der Waals surface area contributed by atoms with Crippen molar-refractivity contribution in [2.75, 3.05) is 19.4 Å². The van der Waals surface area contributed by atoms with Crippen molar-refractivity contribution < 1.29 is 9.53 Å². The molecule has 0 unspecified atom stereocenters. The molecule has 0 radical (unpaired) electrons. The number of benzene rings is 1. The maximum atomic E-state index is 11.3. The van der Waals surface area contributed by atoms with Crippen LogP contribution in [0.1, 0.15) is 19.4 Å². The van der Waals surface area contributed by atoms with Gasteiger partial charge in [0.15, 0.2) is 0 Å². The Kier molecular flexibility index (Phi) is 5.53. The number of carbonyl (C=O) groups is 1. The Balaban J connectivity index is 2.95. The first-order valence-corrected chi connectivity index (χ1v) is 7.05. The summed E-state index contributed by atoms with van der Waals surface area (Å²) in [4.78, 5) is 11.3. The Morgan fingerprint density at radius 1 is 1.50 bits per heavy atom. The summed E-state index contributed by atoms with van der Waals surface area (Å²) in [5.41, 5.74) is 0.840. The molecule has 5 heteroatoms. The number of amides is 1.